The number of piperidine rings is 1. The van der Waals surface area contributed by atoms with Gasteiger partial charge in [0.25, 0.3) is 0 Å². The van der Waals surface area contributed by atoms with Crippen LogP contribution in [0.15, 0.2) is 53.3 Å². The van der Waals surface area contributed by atoms with Crippen LogP contribution in [0.4, 0.5) is 0 Å². The zero-order valence-electron chi connectivity index (χ0n) is 17.2. The van der Waals surface area contributed by atoms with Crippen molar-refractivity contribution in [2.24, 2.45) is 0 Å². The van der Waals surface area contributed by atoms with E-state index in [1.165, 1.54) is 11.3 Å². The molecule has 0 bridgehead atoms. The minimum absolute atomic E-state index is 0.292. The molecule has 29 heavy (non-hydrogen) atoms. The second-order valence-electron chi connectivity index (χ2n) is 8.38. The highest BCUT2D eigenvalue weighted by Crippen LogP contribution is 2.49. The maximum atomic E-state index is 6.70. The molecule has 1 saturated heterocycles. The lowest BCUT2D eigenvalue weighted by Crippen LogP contribution is -2.47. The fourth-order valence-electron chi connectivity index (χ4n) is 4.55. The Balaban J connectivity index is 1.44. The van der Waals surface area contributed by atoms with Gasteiger partial charge in [0, 0.05) is 43.6 Å². The molecule has 1 aromatic carbocycles. The van der Waals surface area contributed by atoms with Gasteiger partial charge in [0.1, 0.15) is 17.1 Å². The molecule has 0 unspecified atom stereocenters. The molecule has 2 aliphatic rings. The van der Waals surface area contributed by atoms with E-state index in [-0.39, 0.29) is 5.60 Å². The molecule has 0 amide bonds. The van der Waals surface area contributed by atoms with Crippen LogP contribution in [0.1, 0.15) is 24.2 Å². The van der Waals surface area contributed by atoms with Gasteiger partial charge in [-0.3, -0.25) is 9.58 Å². The predicted octanol–water partition coefficient (Wildman–Crippen LogP) is 3.59. The maximum absolute atomic E-state index is 6.70. The number of furan rings is 1. The first-order valence-corrected chi connectivity index (χ1v) is 10.4. The van der Waals surface area contributed by atoms with Crippen molar-refractivity contribution in [1.82, 2.24) is 19.6 Å². The fraction of sp³-hybridized carbons (Fsp3) is 0.435. The first-order chi connectivity index (χ1) is 14.1. The normalized spacial score (nSPS) is 17.9. The van der Waals surface area contributed by atoms with Crippen molar-refractivity contribution in [1.29, 1.82) is 0 Å². The van der Waals surface area contributed by atoms with Crippen LogP contribution in [0.5, 0.6) is 5.75 Å². The Morgan fingerprint density at radius 3 is 2.69 bits per heavy atom. The predicted molar refractivity (Wildman–Crippen MR) is 112 cm³/mol. The van der Waals surface area contributed by atoms with E-state index in [0.717, 1.165) is 62.6 Å². The lowest BCUT2D eigenvalue weighted by Gasteiger charge is -2.44. The minimum Gasteiger partial charge on any atom is -0.482 e. The van der Waals surface area contributed by atoms with E-state index in [1.54, 1.807) is 6.26 Å². The molecule has 6 nitrogen and oxygen atoms in total. The Morgan fingerprint density at radius 2 is 1.93 bits per heavy atom. The summed E-state index contributed by atoms with van der Waals surface area (Å²) in [5.41, 5.74) is 3.34. The van der Waals surface area contributed by atoms with E-state index in [0.29, 0.717) is 0 Å². The molecular formula is C23H28N4O2. The number of fused-ring (bicyclic) bond motifs is 4. The molecule has 0 atom stereocenters. The van der Waals surface area contributed by atoms with Crippen molar-refractivity contribution in [3.8, 4) is 17.0 Å². The summed E-state index contributed by atoms with van der Waals surface area (Å²) in [6, 6.07) is 12.4. The van der Waals surface area contributed by atoms with Gasteiger partial charge in [0.2, 0.25) is 0 Å². The highest BCUT2D eigenvalue weighted by molar-refractivity contribution is 5.73. The summed E-state index contributed by atoms with van der Waals surface area (Å²) in [5.74, 6) is 2.00. The number of rotatable bonds is 5. The van der Waals surface area contributed by atoms with Crippen LogP contribution in [0.3, 0.4) is 0 Å². The van der Waals surface area contributed by atoms with Crippen molar-refractivity contribution in [2.45, 2.75) is 31.5 Å². The lowest BCUT2D eigenvalue weighted by molar-refractivity contribution is -0.00838. The highest BCUT2D eigenvalue weighted by Gasteiger charge is 2.45. The van der Waals surface area contributed by atoms with Gasteiger partial charge in [-0.1, -0.05) is 12.1 Å². The van der Waals surface area contributed by atoms with Crippen molar-refractivity contribution >= 4 is 0 Å². The van der Waals surface area contributed by atoms with Crippen LogP contribution in [-0.4, -0.2) is 53.3 Å². The average molecular weight is 393 g/mol. The van der Waals surface area contributed by atoms with Gasteiger partial charge in [-0.25, -0.2) is 0 Å². The summed E-state index contributed by atoms with van der Waals surface area (Å²) in [4.78, 5) is 4.65. The topological polar surface area (TPSA) is 46.7 Å². The van der Waals surface area contributed by atoms with Crippen molar-refractivity contribution in [2.75, 3.05) is 33.7 Å². The number of ether oxygens (including phenoxy) is 1. The van der Waals surface area contributed by atoms with Gasteiger partial charge in [0.05, 0.1) is 31.2 Å². The Bertz CT molecular complexity index is 969. The summed E-state index contributed by atoms with van der Waals surface area (Å²) < 4.78 is 14.4. The first kappa shape index (κ1) is 18.5. The van der Waals surface area contributed by atoms with Gasteiger partial charge in [-0.2, -0.15) is 5.10 Å². The van der Waals surface area contributed by atoms with E-state index in [1.807, 2.05) is 18.3 Å². The Morgan fingerprint density at radius 1 is 1.10 bits per heavy atom. The molecule has 0 aliphatic carbocycles. The number of para-hydroxylation sites is 1. The molecule has 2 aliphatic heterocycles. The van der Waals surface area contributed by atoms with E-state index < -0.39 is 0 Å². The maximum Gasteiger partial charge on any atom is 0.140 e. The zero-order valence-corrected chi connectivity index (χ0v) is 17.2. The molecular weight excluding hydrogens is 364 g/mol. The average Bonchev–Trinajstić information content (AvgIpc) is 3.39. The lowest BCUT2D eigenvalue weighted by atomic mass is 9.81. The molecule has 4 heterocycles. The molecule has 5 rings (SSSR count). The summed E-state index contributed by atoms with van der Waals surface area (Å²) in [6.45, 7) is 4.64. The number of aromatic nitrogens is 2. The van der Waals surface area contributed by atoms with Gasteiger partial charge < -0.3 is 14.1 Å². The number of hydrogen-bond acceptors (Lipinski definition) is 5. The standard InChI is InChI=1S/C23H28N4O2/c1-25(2)13-14-27-22-19-7-3-4-8-21(19)29-23(20(22)16-24-27)9-11-26(12-10-23)17-18-6-5-15-28-18/h3-8,15-16H,9-14,17H2,1-2H3. The molecule has 0 radical (unpaired) electrons. The SMILES string of the molecule is CN(C)CCn1ncc2c1-c1ccccc1OC21CCN(Cc2ccco2)CC1. The van der Waals surface area contributed by atoms with Crippen LogP contribution in [0.25, 0.3) is 11.3 Å². The molecule has 0 N–H and O–H groups in total. The molecule has 152 valence electrons. The Hall–Kier alpha value is -2.57. The second kappa shape index (κ2) is 7.35. The van der Waals surface area contributed by atoms with Crippen LogP contribution in [-0.2, 0) is 18.7 Å². The third-order valence-corrected chi connectivity index (χ3v) is 6.16. The van der Waals surface area contributed by atoms with Crippen LogP contribution in [0, 0.1) is 0 Å². The van der Waals surface area contributed by atoms with Gasteiger partial charge >= 0.3 is 0 Å². The van der Waals surface area contributed by atoms with E-state index in [9.17, 15) is 0 Å². The molecule has 1 spiro atoms. The highest BCUT2D eigenvalue weighted by atomic mass is 16.5. The number of likely N-dealkylation sites (N-methyl/N-ethyl adjacent to an activating group) is 1. The summed E-state index contributed by atoms with van der Waals surface area (Å²) in [5, 5.41) is 4.78. The molecule has 1 fully saturated rings. The summed E-state index contributed by atoms with van der Waals surface area (Å²) in [6.07, 6.45) is 5.70. The summed E-state index contributed by atoms with van der Waals surface area (Å²) in [7, 11) is 4.20. The third kappa shape index (κ3) is 3.36. The van der Waals surface area contributed by atoms with Gasteiger partial charge in [-0.15, -0.1) is 0 Å². The molecule has 6 heteroatoms. The number of likely N-dealkylation sites (tertiary alicyclic amines) is 1. The first-order valence-electron chi connectivity index (χ1n) is 10.4. The van der Waals surface area contributed by atoms with Gasteiger partial charge in [0.15, 0.2) is 0 Å². The zero-order chi connectivity index (χ0) is 19.8. The number of nitrogens with zero attached hydrogens (tertiary/aromatic N) is 4. The largest absolute Gasteiger partial charge is 0.482 e. The van der Waals surface area contributed by atoms with Crippen LogP contribution < -0.4 is 4.74 Å². The monoisotopic (exact) mass is 392 g/mol. The van der Waals surface area contributed by atoms with E-state index >= 15 is 0 Å². The second-order valence-corrected chi connectivity index (χ2v) is 8.38. The van der Waals surface area contributed by atoms with Crippen LogP contribution in [0.2, 0.25) is 0 Å². The quantitative estimate of drug-likeness (QED) is 0.664. The smallest absolute Gasteiger partial charge is 0.140 e. The van der Waals surface area contributed by atoms with Crippen molar-refractivity contribution < 1.29 is 9.15 Å². The van der Waals surface area contributed by atoms with Crippen molar-refractivity contribution in [3.05, 3.63) is 60.2 Å². The van der Waals surface area contributed by atoms with E-state index in [4.69, 9.17) is 14.3 Å². The number of hydrogen-bond donors (Lipinski definition) is 0. The molecule has 0 saturated carbocycles. The summed E-state index contributed by atoms with van der Waals surface area (Å²) >= 11 is 0. The van der Waals surface area contributed by atoms with Gasteiger partial charge in [-0.05, 0) is 38.4 Å². The molecule has 2 aromatic heterocycles. The van der Waals surface area contributed by atoms with Crippen molar-refractivity contribution in [3.63, 3.8) is 0 Å². The van der Waals surface area contributed by atoms with E-state index in [2.05, 4.69) is 52.8 Å². The Kier molecular flexibility index (Phi) is 4.68. The molecule has 3 aromatic rings. The van der Waals surface area contributed by atoms with Crippen LogP contribution >= 0.6 is 0 Å². The number of benzene rings is 1. The fourth-order valence-corrected chi connectivity index (χ4v) is 4.55. The Labute approximate surface area is 171 Å². The third-order valence-electron chi connectivity index (χ3n) is 6.16. The minimum atomic E-state index is -0.292.